The van der Waals surface area contributed by atoms with E-state index in [1.165, 1.54) is 0 Å². The van der Waals surface area contributed by atoms with Gasteiger partial charge in [-0.1, -0.05) is 13.0 Å². The highest BCUT2D eigenvalue weighted by Crippen LogP contribution is 2.15. The van der Waals surface area contributed by atoms with E-state index in [9.17, 15) is 9.59 Å². The van der Waals surface area contributed by atoms with Crippen LogP contribution >= 0.6 is 0 Å². The number of nitrogens with zero attached hydrogens (tertiary/aromatic N) is 2. The van der Waals surface area contributed by atoms with Crippen molar-refractivity contribution in [3.05, 3.63) is 29.8 Å². The van der Waals surface area contributed by atoms with Gasteiger partial charge in [-0.05, 0) is 25.1 Å². The number of carbonyl (C=O) groups excluding carboxylic acids is 1. The number of rotatable bonds is 6. The number of hydrogen-bond acceptors (Lipinski definition) is 3. The van der Waals surface area contributed by atoms with Gasteiger partial charge in [0.05, 0.1) is 5.92 Å². The van der Waals surface area contributed by atoms with Gasteiger partial charge >= 0.3 is 5.97 Å². The molecule has 0 heterocycles. The van der Waals surface area contributed by atoms with Crippen LogP contribution in [0.25, 0.3) is 0 Å². The molecule has 0 aliphatic rings. The molecule has 5 heteroatoms. The lowest BCUT2D eigenvalue weighted by Gasteiger charge is -2.23. The third kappa shape index (κ3) is 3.98. The molecule has 5 nitrogen and oxygen atoms in total. The highest BCUT2D eigenvalue weighted by Gasteiger charge is 2.20. The normalized spacial score (nSPS) is 11.8. The lowest BCUT2D eigenvalue weighted by molar-refractivity contribution is -0.141. The number of carboxylic acid groups (broad SMARTS) is 1. The van der Waals surface area contributed by atoms with E-state index in [2.05, 4.69) is 0 Å². The number of amides is 1. The van der Waals surface area contributed by atoms with Crippen LogP contribution in [0.3, 0.4) is 0 Å². The topological polar surface area (TPSA) is 60.9 Å². The van der Waals surface area contributed by atoms with Crippen LogP contribution in [0.5, 0.6) is 0 Å². The first-order valence-corrected chi connectivity index (χ1v) is 6.66. The van der Waals surface area contributed by atoms with E-state index in [4.69, 9.17) is 5.11 Å². The van der Waals surface area contributed by atoms with Crippen molar-refractivity contribution in [3.63, 3.8) is 0 Å². The van der Waals surface area contributed by atoms with E-state index in [1.54, 1.807) is 17.9 Å². The zero-order valence-electron chi connectivity index (χ0n) is 12.5. The molecule has 1 rings (SSSR count). The summed E-state index contributed by atoms with van der Waals surface area (Å²) in [6.45, 7) is 4.16. The third-order valence-electron chi connectivity index (χ3n) is 3.19. The van der Waals surface area contributed by atoms with Crippen LogP contribution in [0, 0.1) is 5.92 Å². The summed E-state index contributed by atoms with van der Waals surface area (Å²) in [6.07, 6.45) is 0. The number of aliphatic carboxylic acids is 1. The monoisotopic (exact) mass is 278 g/mol. The summed E-state index contributed by atoms with van der Waals surface area (Å²) in [6, 6.07) is 7.32. The van der Waals surface area contributed by atoms with Crippen LogP contribution < -0.4 is 4.90 Å². The fourth-order valence-electron chi connectivity index (χ4n) is 1.86. The van der Waals surface area contributed by atoms with E-state index < -0.39 is 11.9 Å². The Bertz CT molecular complexity index is 486. The summed E-state index contributed by atoms with van der Waals surface area (Å²) in [5.74, 6) is -1.60. The van der Waals surface area contributed by atoms with Crippen LogP contribution in [-0.2, 0) is 4.79 Å². The fourth-order valence-corrected chi connectivity index (χ4v) is 1.86. The van der Waals surface area contributed by atoms with Gasteiger partial charge in [-0.25, -0.2) is 0 Å². The molecule has 1 N–H and O–H groups in total. The van der Waals surface area contributed by atoms with Crippen molar-refractivity contribution in [1.82, 2.24) is 4.90 Å². The van der Waals surface area contributed by atoms with Gasteiger partial charge in [0.25, 0.3) is 5.91 Å². The molecule has 1 unspecified atom stereocenters. The maximum absolute atomic E-state index is 12.4. The number of carbonyl (C=O) groups is 2. The van der Waals surface area contributed by atoms with Crippen molar-refractivity contribution >= 4 is 17.6 Å². The standard InChI is InChI=1S/C15H22N2O3/c1-5-17(10-11(2)15(19)20)14(18)12-7-6-8-13(9-12)16(3)4/h6-9,11H,5,10H2,1-4H3,(H,19,20). The highest BCUT2D eigenvalue weighted by atomic mass is 16.4. The Kier molecular flexibility index (Phi) is 5.55. The molecule has 0 fully saturated rings. The van der Waals surface area contributed by atoms with Gasteiger partial charge in [0, 0.05) is 38.4 Å². The molecule has 1 amide bonds. The van der Waals surface area contributed by atoms with Crippen molar-refractivity contribution < 1.29 is 14.7 Å². The molecule has 0 spiro atoms. The molecular weight excluding hydrogens is 256 g/mol. The Balaban J connectivity index is 2.91. The molecule has 0 saturated heterocycles. The molecule has 0 saturated carbocycles. The highest BCUT2D eigenvalue weighted by molar-refractivity contribution is 5.95. The fraction of sp³-hybridized carbons (Fsp3) is 0.467. The second-order valence-corrected chi connectivity index (χ2v) is 5.03. The first kappa shape index (κ1) is 16.0. The van der Waals surface area contributed by atoms with Crippen LogP contribution in [0.1, 0.15) is 24.2 Å². The van der Waals surface area contributed by atoms with Crippen LogP contribution in [0.4, 0.5) is 5.69 Å². The van der Waals surface area contributed by atoms with Gasteiger partial charge in [-0.2, -0.15) is 0 Å². The largest absolute Gasteiger partial charge is 0.481 e. The molecule has 0 aliphatic heterocycles. The van der Waals surface area contributed by atoms with Crippen LogP contribution in [-0.4, -0.2) is 49.1 Å². The summed E-state index contributed by atoms with van der Waals surface area (Å²) in [5, 5.41) is 8.95. The Hall–Kier alpha value is -2.04. The average Bonchev–Trinajstić information content (AvgIpc) is 2.43. The number of carboxylic acids is 1. The maximum Gasteiger partial charge on any atom is 0.308 e. The van der Waals surface area contributed by atoms with Gasteiger partial charge in [0.2, 0.25) is 0 Å². The molecule has 110 valence electrons. The quantitative estimate of drug-likeness (QED) is 0.864. The van der Waals surface area contributed by atoms with Crippen molar-refractivity contribution in [2.75, 3.05) is 32.1 Å². The van der Waals surface area contributed by atoms with E-state index >= 15 is 0 Å². The summed E-state index contributed by atoms with van der Waals surface area (Å²) < 4.78 is 0. The minimum atomic E-state index is -0.890. The second-order valence-electron chi connectivity index (χ2n) is 5.03. The SMILES string of the molecule is CCN(CC(C)C(=O)O)C(=O)c1cccc(N(C)C)c1. The summed E-state index contributed by atoms with van der Waals surface area (Å²) in [7, 11) is 3.82. The van der Waals surface area contributed by atoms with Gasteiger partial charge in [-0.15, -0.1) is 0 Å². The molecule has 1 aromatic carbocycles. The lowest BCUT2D eigenvalue weighted by Crippen LogP contribution is -2.36. The van der Waals surface area contributed by atoms with Gasteiger partial charge in [0.1, 0.15) is 0 Å². The van der Waals surface area contributed by atoms with E-state index in [-0.39, 0.29) is 12.5 Å². The molecule has 0 aliphatic carbocycles. The molecule has 0 bridgehead atoms. The van der Waals surface area contributed by atoms with E-state index in [1.807, 2.05) is 44.1 Å². The van der Waals surface area contributed by atoms with Gasteiger partial charge in [0.15, 0.2) is 0 Å². The first-order chi connectivity index (χ1) is 9.36. The Morgan fingerprint density at radius 3 is 2.45 bits per heavy atom. The van der Waals surface area contributed by atoms with Crippen molar-refractivity contribution in [1.29, 1.82) is 0 Å². The zero-order chi connectivity index (χ0) is 15.3. The smallest absolute Gasteiger partial charge is 0.308 e. The van der Waals surface area contributed by atoms with E-state index in [0.29, 0.717) is 12.1 Å². The predicted octanol–water partition coefficient (Wildman–Crippen LogP) is 1.94. The third-order valence-corrected chi connectivity index (χ3v) is 3.19. The van der Waals surface area contributed by atoms with Crippen molar-refractivity contribution in [2.24, 2.45) is 5.92 Å². The first-order valence-electron chi connectivity index (χ1n) is 6.66. The van der Waals surface area contributed by atoms with Gasteiger partial charge < -0.3 is 14.9 Å². The lowest BCUT2D eigenvalue weighted by atomic mass is 10.1. The summed E-state index contributed by atoms with van der Waals surface area (Å²) in [5.41, 5.74) is 1.52. The summed E-state index contributed by atoms with van der Waals surface area (Å²) in [4.78, 5) is 26.8. The molecular formula is C15H22N2O3. The van der Waals surface area contributed by atoms with E-state index in [0.717, 1.165) is 5.69 Å². The number of benzene rings is 1. The van der Waals surface area contributed by atoms with Crippen molar-refractivity contribution in [3.8, 4) is 0 Å². The average molecular weight is 278 g/mol. The zero-order valence-corrected chi connectivity index (χ0v) is 12.5. The molecule has 20 heavy (non-hydrogen) atoms. The maximum atomic E-state index is 12.4. The number of anilines is 1. The van der Waals surface area contributed by atoms with Gasteiger partial charge in [-0.3, -0.25) is 9.59 Å². The Morgan fingerprint density at radius 1 is 1.30 bits per heavy atom. The number of hydrogen-bond donors (Lipinski definition) is 1. The van der Waals surface area contributed by atoms with Crippen LogP contribution in [0.15, 0.2) is 24.3 Å². The molecule has 1 atom stereocenters. The minimum absolute atomic E-state index is 0.135. The predicted molar refractivity (Wildman–Crippen MR) is 79.1 cm³/mol. The molecule has 1 aromatic rings. The Morgan fingerprint density at radius 2 is 1.95 bits per heavy atom. The van der Waals surface area contributed by atoms with Crippen LogP contribution in [0.2, 0.25) is 0 Å². The van der Waals surface area contributed by atoms with Crippen molar-refractivity contribution in [2.45, 2.75) is 13.8 Å². The molecule has 0 radical (unpaired) electrons. The minimum Gasteiger partial charge on any atom is -0.481 e. The molecule has 0 aromatic heterocycles. The Labute approximate surface area is 119 Å². The summed E-state index contributed by atoms with van der Waals surface area (Å²) >= 11 is 0. The second kappa shape index (κ2) is 6.93.